The van der Waals surface area contributed by atoms with Crippen molar-refractivity contribution in [3.05, 3.63) is 0 Å². The van der Waals surface area contributed by atoms with Gasteiger partial charge in [-0.25, -0.2) is 0 Å². The molecule has 3 nitrogen and oxygen atoms in total. The fourth-order valence-corrected chi connectivity index (χ4v) is 2.53. The molecule has 20 heavy (non-hydrogen) atoms. The quantitative estimate of drug-likeness (QED) is 0.731. The molecular weight excluding hydrogens is 250 g/mol. The van der Waals surface area contributed by atoms with E-state index in [1.54, 1.807) is 0 Å². The molecule has 0 bridgehead atoms. The predicted octanol–water partition coefficient (Wildman–Crippen LogP) is 4.01. The Morgan fingerprint density at radius 3 is 2.15 bits per heavy atom. The second kappa shape index (κ2) is 7.77. The molecule has 0 atom stereocenters. The van der Waals surface area contributed by atoms with Crippen LogP contribution in [0.2, 0.25) is 0 Å². The van der Waals surface area contributed by atoms with Crippen molar-refractivity contribution >= 4 is 0 Å². The van der Waals surface area contributed by atoms with E-state index >= 15 is 0 Å². The summed E-state index contributed by atoms with van der Waals surface area (Å²) in [6.45, 7) is 14.1. The van der Waals surface area contributed by atoms with E-state index in [0.717, 1.165) is 32.5 Å². The average Bonchev–Trinajstić information content (AvgIpc) is 2.38. The Morgan fingerprint density at radius 2 is 1.60 bits per heavy atom. The van der Waals surface area contributed by atoms with Crippen molar-refractivity contribution in [2.75, 3.05) is 19.7 Å². The highest BCUT2D eigenvalue weighted by Crippen LogP contribution is 2.31. The van der Waals surface area contributed by atoms with Crippen molar-refractivity contribution in [1.29, 1.82) is 0 Å². The molecule has 1 saturated heterocycles. The zero-order valence-corrected chi connectivity index (χ0v) is 14.2. The molecule has 1 heterocycles. The van der Waals surface area contributed by atoms with Crippen molar-refractivity contribution in [3.8, 4) is 0 Å². The lowest BCUT2D eigenvalue weighted by atomic mass is 9.80. The van der Waals surface area contributed by atoms with Gasteiger partial charge in [-0.2, -0.15) is 5.06 Å². The van der Waals surface area contributed by atoms with Gasteiger partial charge in [0.1, 0.15) is 0 Å². The number of rotatable bonds is 8. The molecule has 0 radical (unpaired) electrons. The predicted molar refractivity (Wildman–Crippen MR) is 84.5 cm³/mol. The maximum absolute atomic E-state index is 9.49. The third-order valence-corrected chi connectivity index (χ3v) is 4.73. The zero-order valence-electron chi connectivity index (χ0n) is 14.2. The Hall–Kier alpha value is -0.120. The summed E-state index contributed by atoms with van der Waals surface area (Å²) in [5.41, 5.74) is 0.708. The fourth-order valence-electron chi connectivity index (χ4n) is 2.53. The molecular formula is C17H35NO2. The number of piperidine rings is 1. The van der Waals surface area contributed by atoms with Gasteiger partial charge in [-0.15, -0.1) is 0 Å². The number of aliphatic hydroxyl groups is 1. The molecule has 1 rings (SSSR count). The van der Waals surface area contributed by atoms with Gasteiger partial charge in [0.25, 0.3) is 0 Å². The van der Waals surface area contributed by atoms with Crippen LogP contribution in [0.4, 0.5) is 0 Å². The highest BCUT2D eigenvalue weighted by molar-refractivity contribution is 4.73. The molecule has 0 aromatic heterocycles. The third kappa shape index (κ3) is 7.05. The lowest BCUT2D eigenvalue weighted by Gasteiger charge is -2.33. The molecule has 0 aliphatic carbocycles. The minimum Gasteiger partial charge on any atom is -0.393 e. The van der Waals surface area contributed by atoms with E-state index in [1.165, 1.54) is 25.7 Å². The molecule has 1 aliphatic rings. The zero-order chi connectivity index (χ0) is 15.2. The minimum absolute atomic E-state index is 0.126. The van der Waals surface area contributed by atoms with Gasteiger partial charge in [0.2, 0.25) is 0 Å². The van der Waals surface area contributed by atoms with E-state index in [9.17, 15) is 5.11 Å². The summed E-state index contributed by atoms with van der Waals surface area (Å²) in [6, 6.07) is 0. The van der Waals surface area contributed by atoms with Crippen LogP contribution in [0.15, 0.2) is 0 Å². The van der Waals surface area contributed by atoms with Gasteiger partial charge in [-0.3, -0.25) is 4.84 Å². The van der Waals surface area contributed by atoms with Crippen molar-refractivity contribution in [2.45, 2.75) is 79.2 Å². The lowest BCUT2D eigenvalue weighted by Crippen LogP contribution is -2.38. The molecule has 1 aliphatic heterocycles. The molecule has 0 unspecified atom stereocenters. The Labute approximate surface area is 125 Å². The standard InChI is InChI=1S/C17H35NO2/c1-6-16(2,3)10-7-11-17(4,5)14-20-18-12-8-15(19)9-13-18/h15,19H,6-14H2,1-5H3. The van der Waals surface area contributed by atoms with Gasteiger partial charge in [0, 0.05) is 13.1 Å². The molecule has 0 spiro atoms. The van der Waals surface area contributed by atoms with Crippen LogP contribution in [0, 0.1) is 10.8 Å². The van der Waals surface area contributed by atoms with Crippen LogP contribution in [0.1, 0.15) is 73.1 Å². The van der Waals surface area contributed by atoms with Crippen LogP contribution in [0.5, 0.6) is 0 Å². The Balaban J connectivity index is 2.20. The van der Waals surface area contributed by atoms with E-state index in [2.05, 4.69) is 34.6 Å². The summed E-state index contributed by atoms with van der Waals surface area (Å²) in [6.07, 6.45) is 6.58. The van der Waals surface area contributed by atoms with E-state index in [0.29, 0.717) is 5.41 Å². The highest BCUT2D eigenvalue weighted by Gasteiger charge is 2.24. The number of aliphatic hydroxyl groups excluding tert-OH is 1. The highest BCUT2D eigenvalue weighted by atomic mass is 16.7. The number of nitrogens with zero attached hydrogens (tertiary/aromatic N) is 1. The number of hydroxylamine groups is 2. The fraction of sp³-hybridized carbons (Fsp3) is 1.00. The molecule has 0 aromatic carbocycles. The van der Waals surface area contributed by atoms with Gasteiger partial charge in [0.15, 0.2) is 0 Å². The van der Waals surface area contributed by atoms with Crippen LogP contribution in [0.25, 0.3) is 0 Å². The largest absolute Gasteiger partial charge is 0.393 e. The second-order valence-corrected chi connectivity index (χ2v) is 7.97. The van der Waals surface area contributed by atoms with Crippen molar-refractivity contribution in [3.63, 3.8) is 0 Å². The van der Waals surface area contributed by atoms with Gasteiger partial charge in [-0.1, -0.05) is 47.5 Å². The van der Waals surface area contributed by atoms with Gasteiger partial charge < -0.3 is 5.11 Å². The summed E-state index contributed by atoms with van der Waals surface area (Å²) in [4.78, 5) is 5.93. The van der Waals surface area contributed by atoms with Crippen LogP contribution in [0.3, 0.4) is 0 Å². The molecule has 120 valence electrons. The summed E-state index contributed by atoms with van der Waals surface area (Å²) in [5, 5.41) is 11.5. The first-order valence-corrected chi connectivity index (χ1v) is 8.30. The number of hydrogen-bond acceptors (Lipinski definition) is 3. The molecule has 1 fully saturated rings. The maximum Gasteiger partial charge on any atom is 0.0736 e. The third-order valence-electron chi connectivity index (χ3n) is 4.73. The van der Waals surface area contributed by atoms with Gasteiger partial charge >= 0.3 is 0 Å². The monoisotopic (exact) mass is 285 g/mol. The topological polar surface area (TPSA) is 32.7 Å². The Kier molecular flexibility index (Phi) is 6.96. The van der Waals surface area contributed by atoms with Crippen molar-refractivity contribution in [1.82, 2.24) is 5.06 Å². The summed E-state index contributed by atoms with van der Waals surface area (Å²) < 4.78 is 0. The lowest BCUT2D eigenvalue weighted by molar-refractivity contribution is -0.198. The van der Waals surface area contributed by atoms with Crippen molar-refractivity contribution < 1.29 is 9.94 Å². The van der Waals surface area contributed by atoms with Gasteiger partial charge in [-0.05, 0) is 36.5 Å². The van der Waals surface area contributed by atoms with Crippen LogP contribution in [-0.2, 0) is 4.84 Å². The molecule has 3 heteroatoms. The molecule has 0 saturated carbocycles. The van der Waals surface area contributed by atoms with Crippen LogP contribution >= 0.6 is 0 Å². The number of hydrogen-bond donors (Lipinski definition) is 1. The second-order valence-electron chi connectivity index (χ2n) is 7.97. The van der Waals surface area contributed by atoms with Gasteiger partial charge in [0.05, 0.1) is 12.7 Å². The van der Waals surface area contributed by atoms with E-state index in [4.69, 9.17) is 4.84 Å². The normalized spacial score (nSPS) is 19.5. The molecule has 0 aromatic rings. The summed E-state index contributed by atoms with van der Waals surface area (Å²) >= 11 is 0. The Morgan fingerprint density at radius 1 is 1.05 bits per heavy atom. The van der Waals surface area contributed by atoms with E-state index < -0.39 is 0 Å². The maximum atomic E-state index is 9.49. The first-order chi connectivity index (χ1) is 9.24. The van der Waals surface area contributed by atoms with E-state index in [-0.39, 0.29) is 11.5 Å². The average molecular weight is 285 g/mol. The Bertz CT molecular complexity index is 268. The van der Waals surface area contributed by atoms with Crippen molar-refractivity contribution in [2.24, 2.45) is 10.8 Å². The van der Waals surface area contributed by atoms with E-state index in [1.807, 2.05) is 5.06 Å². The first kappa shape index (κ1) is 17.9. The minimum atomic E-state index is -0.126. The van der Waals surface area contributed by atoms with Crippen LogP contribution < -0.4 is 0 Å². The molecule has 1 N–H and O–H groups in total. The summed E-state index contributed by atoms with van der Waals surface area (Å²) in [7, 11) is 0. The van der Waals surface area contributed by atoms with Crippen LogP contribution in [-0.4, -0.2) is 36.0 Å². The smallest absolute Gasteiger partial charge is 0.0736 e. The first-order valence-electron chi connectivity index (χ1n) is 8.30. The molecule has 0 amide bonds. The SMILES string of the molecule is CCC(C)(C)CCCC(C)(C)CON1CCC(O)CC1. The summed E-state index contributed by atoms with van der Waals surface area (Å²) in [5.74, 6) is 0.